The number of aryl methyl sites for hydroxylation is 1. The Hall–Kier alpha value is -1.76. The number of benzene rings is 1. The van der Waals surface area contributed by atoms with E-state index in [0.29, 0.717) is 6.54 Å². The molecule has 6 heteroatoms. The molecule has 0 bridgehead atoms. The molecule has 4 nitrogen and oxygen atoms in total. The zero-order valence-electron chi connectivity index (χ0n) is 14.4. The number of quaternary nitrogens is 1. The van der Waals surface area contributed by atoms with Gasteiger partial charge in [0.1, 0.15) is 25.0 Å². The molecule has 3 rings (SSSR count). The van der Waals surface area contributed by atoms with E-state index in [1.807, 2.05) is 18.4 Å². The van der Waals surface area contributed by atoms with Gasteiger partial charge >= 0.3 is 0 Å². The minimum atomic E-state index is -0.396. The molecule has 0 spiro atoms. The summed E-state index contributed by atoms with van der Waals surface area (Å²) in [5.74, 6) is -0.570. The zero-order valence-corrected chi connectivity index (χ0v) is 15.2. The van der Waals surface area contributed by atoms with Crippen LogP contribution < -0.4 is 10.2 Å². The van der Waals surface area contributed by atoms with Gasteiger partial charge in [-0.25, -0.2) is 4.39 Å². The lowest BCUT2D eigenvalue weighted by Crippen LogP contribution is -3.12. The summed E-state index contributed by atoms with van der Waals surface area (Å²) in [4.78, 5) is 14.8. The number of anilines is 1. The summed E-state index contributed by atoms with van der Waals surface area (Å²) in [6.45, 7) is 4.50. The van der Waals surface area contributed by atoms with Gasteiger partial charge in [0.15, 0.2) is 6.54 Å². The number of thiophene rings is 1. The number of amides is 1. The van der Waals surface area contributed by atoms with Gasteiger partial charge in [-0.15, -0.1) is 11.3 Å². The smallest absolute Gasteiger partial charge is 0.279 e. The van der Waals surface area contributed by atoms with E-state index in [1.54, 1.807) is 23.5 Å². The average molecular weight is 363 g/mol. The van der Waals surface area contributed by atoms with Gasteiger partial charge in [-0.3, -0.25) is 4.79 Å². The first-order valence-electron chi connectivity index (χ1n) is 8.63. The summed E-state index contributed by atoms with van der Waals surface area (Å²) in [5, 5.41) is 4.74. The largest absolute Gasteiger partial charge is 0.372 e. The van der Waals surface area contributed by atoms with Crippen LogP contribution in [-0.2, 0) is 16.1 Å². The molecule has 0 radical (unpaired) electrons. The summed E-state index contributed by atoms with van der Waals surface area (Å²) in [5.41, 5.74) is 1.07. The Morgan fingerprint density at radius 1 is 1.44 bits per heavy atom. The second kappa shape index (κ2) is 8.56. The number of ether oxygens (including phenoxy) is 1. The first-order chi connectivity index (χ1) is 12.1. The minimum absolute atomic E-state index is 0.174. The number of nitrogens with one attached hydrogen (secondary N) is 2. The lowest BCUT2D eigenvalue weighted by molar-refractivity contribution is -0.908. The van der Waals surface area contributed by atoms with Crippen LogP contribution in [0.25, 0.3) is 0 Å². The molecule has 1 saturated heterocycles. The molecule has 1 aliphatic rings. The number of hydrogen-bond donors (Lipinski definition) is 2. The molecule has 1 unspecified atom stereocenters. The lowest BCUT2D eigenvalue weighted by atomic mass is 10.2. The van der Waals surface area contributed by atoms with Crippen LogP contribution in [0.1, 0.15) is 23.3 Å². The maximum atomic E-state index is 13.9. The van der Waals surface area contributed by atoms with E-state index in [4.69, 9.17) is 4.74 Å². The molecule has 1 fully saturated rings. The molecule has 1 aliphatic heterocycles. The highest BCUT2D eigenvalue weighted by Crippen LogP contribution is 2.15. The summed E-state index contributed by atoms with van der Waals surface area (Å²) in [6, 6.07) is 8.93. The first-order valence-corrected chi connectivity index (χ1v) is 9.51. The van der Waals surface area contributed by atoms with Gasteiger partial charge in [-0.1, -0.05) is 12.1 Å². The van der Waals surface area contributed by atoms with Gasteiger partial charge in [-0.2, -0.15) is 0 Å². The second-order valence-corrected chi connectivity index (χ2v) is 7.59. The Morgan fingerprint density at radius 3 is 3.00 bits per heavy atom. The molecule has 0 aliphatic carbocycles. The van der Waals surface area contributed by atoms with E-state index in [2.05, 4.69) is 11.4 Å². The van der Waals surface area contributed by atoms with E-state index >= 15 is 0 Å². The van der Waals surface area contributed by atoms with Crippen molar-refractivity contribution in [1.29, 1.82) is 0 Å². The monoisotopic (exact) mass is 363 g/mol. The van der Waals surface area contributed by atoms with Gasteiger partial charge in [0.05, 0.1) is 10.6 Å². The fraction of sp³-hybridized carbons (Fsp3) is 0.421. The van der Waals surface area contributed by atoms with Crippen molar-refractivity contribution in [2.75, 3.05) is 25.0 Å². The van der Waals surface area contributed by atoms with E-state index in [0.717, 1.165) is 43.0 Å². The molecule has 134 valence electrons. The second-order valence-electron chi connectivity index (χ2n) is 6.55. The third kappa shape index (κ3) is 5.36. The van der Waals surface area contributed by atoms with Crippen molar-refractivity contribution in [2.24, 2.45) is 0 Å². The van der Waals surface area contributed by atoms with Crippen molar-refractivity contribution in [1.82, 2.24) is 0 Å². The van der Waals surface area contributed by atoms with Crippen LogP contribution in [0, 0.1) is 12.7 Å². The molecular formula is C19H24FN2O2S+. The van der Waals surface area contributed by atoms with Crippen molar-refractivity contribution in [3.8, 4) is 0 Å². The number of hydrogen-bond acceptors (Lipinski definition) is 3. The van der Waals surface area contributed by atoms with Crippen molar-refractivity contribution >= 4 is 22.9 Å². The molecular weight excluding hydrogens is 339 g/mol. The normalized spacial score (nSPS) is 18.2. The SMILES string of the molecule is Cc1ccc(NC(=O)C[NH+](Cc2cccs2)C[C@@H]2CCCO2)c(F)c1. The van der Waals surface area contributed by atoms with Crippen molar-refractivity contribution in [2.45, 2.75) is 32.4 Å². The van der Waals surface area contributed by atoms with Crippen LogP contribution in [0.3, 0.4) is 0 Å². The standard InChI is InChI=1S/C19H23FN2O2S/c1-14-6-7-18(17(20)10-14)21-19(23)13-22(11-15-4-2-8-24-15)12-16-5-3-9-25-16/h3,5-7,9-10,15H,2,4,8,11-13H2,1H3,(H,21,23)/p+1/t15-/m0/s1. The number of rotatable bonds is 7. The number of carbonyl (C=O) groups is 1. The fourth-order valence-electron chi connectivity index (χ4n) is 3.14. The lowest BCUT2D eigenvalue weighted by Gasteiger charge is -2.21. The predicted octanol–water partition coefficient (Wildman–Crippen LogP) is 2.40. The van der Waals surface area contributed by atoms with Gasteiger partial charge in [0.25, 0.3) is 5.91 Å². The summed E-state index contributed by atoms with van der Waals surface area (Å²) < 4.78 is 19.7. The Morgan fingerprint density at radius 2 is 2.32 bits per heavy atom. The van der Waals surface area contributed by atoms with Gasteiger partial charge < -0.3 is 15.0 Å². The van der Waals surface area contributed by atoms with Crippen LogP contribution >= 0.6 is 11.3 Å². The highest BCUT2D eigenvalue weighted by molar-refractivity contribution is 7.09. The average Bonchev–Trinajstić information content (AvgIpc) is 3.24. The first kappa shape index (κ1) is 18.0. The van der Waals surface area contributed by atoms with Crippen LogP contribution in [0.15, 0.2) is 35.7 Å². The van der Waals surface area contributed by atoms with Crippen molar-refractivity contribution in [3.05, 3.63) is 52.0 Å². The highest BCUT2D eigenvalue weighted by atomic mass is 32.1. The molecule has 2 heterocycles. The third-order valence-corrected chi connectivity index (χ3v) is 5.23. The maximum absolute atomic E-state index is 13.9. The molecule has 2 aromatic rings. The molecule has 0 saturated carbocycles. The molecule has 1 aromatic carbocycles. The van der Waals surface area contributed by atoms with Crippen LogP contribution in [-0.4, -0.2) is 31.7 Å². The van der Waals surface area contributed by atoms with Crippen molar-refractivity contribution < 1.29 is 18.8 Å². The summed E-state index contributed by atoms with van der Waals surface area (Å²) in [7, 11) is 0. The maximum Gasteiger partial charge on any atom is 0.279 e. The molecule has 1 aromatic heterocycles. The highest BCUT2D eigenvalue weighted by Gasteiger charge is 2.24. The summed E-state index contributed by atoms with van der Waals surface area (Å²) in [6.07, 6.45) is 2.33. The van der Waals surface area contributed by atoms with Gasteiger partial charge in [0.2, 0.25) is 0 Å². The molecule has 25 heavy (non-hydrogen) atoms. The van der Waals surface area contributed by atoms with E-state index in [9.17, 15) is 9.18 Å². The minimum Gasteiger partial charge on any atom is -0.372 e. The third-order valence-electron chi connectivity index (χ3n) is 4.35. The van der Waals surface area contributed by atoms with E-state index < -0.39 is 5.82 Å². The van der Waals surface area contributed by atoms with Crippen molar-refractivity contribution in [3.63, 3.8) is 0 Å². The van der Waals surface area contributed by atoms with E-state index in [-0.39, 0.29) is 17.7 Å². The molecule has 1 amide bonds. The topological polar surface area (TPSA) is 42.8 Å². The van der Waals surface area contributed by atoms with Crippen LogP contribution in [0.5, 0.6) is 0 Å². The Balaban J connectivity index is 1.62. The number of halogens is 1. The quantitative estimate of drug-likeness (QED) is 0.793. The van der Waals surface area contributed by atoms with Crippen LogP contribution in [0.4, 0.5) is 10.1 Å². The fourth-order valence-corrected chi connectivity index (χ4v) is 3.91. The summed E-state index contributed by atoms with van der Waals surface area (Å²) >= 11 is 1.69. The van der Waals surface area contributed by atoms with Crippen LogP contribution in [0.2, 0.25) is 0 Å². The zero-order chi connectivity index (χ0) is 17.6. The Bertz CT molecular complexity index is 699. The Labute approximate surface area is 151 Å². The predicted molar refractivity (Wildman–Crippen MR) is 97.5 cm³/mol. The molecule has 2 atom stereocenters. The van der Waals surface area contributed by atoms with E-state index in [1.165, 1.54) is 10.9 Å². The molecule has 2 N–H and O–H groups in total. The Kier molecular flexibility index (Phi) is 6.18. The van der Waals surface area contributed by atoms with Gasteiger partial charge in [0, 0.05) is 6.61 Å². The number of carbonyl (C=O) groups excluding carboxylic acids is 1. The van der Waals surface area contributed by atoms with Gasteiger partial charge in [-0.05, 0) is 48.9 Å².